The SMILES string of the molecule is C1=N[C@H](COc2ccc(-c3ccccc3)cc2)OC1COCC1CCCO1. The number of rotatable bonds is 8. The van der Waals surface area contributed by atoms with Crippen LogP contribution in [0, 0.1) is 0 Å². The Bertz CT molecular complexity index is 726. The molecule has 27 heavy (non-hydrogen) atoms. The van der Waals surface area contributed by atoms with Gasteiger partial charge in [-0.15, -0.1) is 0 Å². The lowest BCUT2D eigenvalue weighted by Gasteiger charge is -2.15. The van der Waals surface area contributed by atoms with Crippen molar-refractivity contribution < 1.29 is 18.9 Å². The van der Waals surface area contributed by atoms with Gasteiger partial charge in [0.25, 0.3) is 0 Å². The van der Waals surface area contributed by atoms with Gasteiger partial charge in [-0.1, -0.05) is 42.5 Å². The lowest BCUT2D eigenvalue weighted by Crippen LogP contribution is -2.25. The zero-order valence-electron chi connectivity index (χ0n) is 15.3. The highest BCUT2D eigenvalue weighted by molar-refractivity contribution is 5.65. The van der Waals surface area contributed by atoms with Crippen molar-refractivity contribution in [1.29, 1.82) is 0 Å². The molecule has 0 bridgehead atoms. The Hall–Kier alpha value is -2.21. The predicted octanol–water partition coefficient (Wildman–Crippen LogP) is 3.72. The quantitative estimate of drug-likeness (QED) is 0.713. The van der Waals surface area contributed by atoms with Crippen LogP contribution in [0.25, 0.3) is 11.1 Å². The molecule has 0 N–H and O–H groups in total. The van der Waals surface area contributed by atoms with Crippen LogP contribution in [0.2, 0.25) is 0 Å². The summed E-state index contributed by atoms with van der Waals surface area (Å²) in [7, 11) is 0. The average Bonchev–Trinajstić information content (AvgIpc) is 3.40. The number of nitrogens with zero attached hydrogens (tertiary/aromatic N) is 1. The monoisotopic (exact) mass is 367 g/mol. The van der Waals surface area contributed by atoms with E-state index in [1.807, 2.05) is 36.5 Å². The summed E-state index contributed by atoms with van der Waals surface area (Å²) in [5.74, 6) is 0.812. The van der Waals surface area contributed by atoms with Gasteiger partial charge in [0.15, 0.2) is 6.23 Å². The van der Waals surface area contributed by atoms with Crippen molar-refractivity contribution in [3.63, 3.8) is 0 Å². The van der Waals surface area contributed by atoms with E-state index < -0.39 is 0 Å². The van der Waals surface area contributed by atoms with Crippen LogP contribution in [0.4, 0.5) is 0 Å². The van der Waals surface area contributed by atoms with Crippen LogP contribution in [0.15, 0.2) is 59.6 Å². The maximum atomic E-state index is 5.83. The summed E-state index contributed by atoms with van der Waals surface area (Å²) >= 11 is 0. The molecule has 2 unspecified atom stereocenters. The minimum atomic E-state index is -0.282. The molecule has 2 aliphatic heterocycles. The smallest absolute Gasteiger partial charge is 0.182 e. The summed E-state index contributed by atoms with van der Waals surface area (Å²) in [5, 5.41) is 0. The Morgan fingerprint density at radius 3 is 2.52 bits per heavy atom. The summed E-state index contributed by atoms with van der Waals surface area (Å²) in [4.78, 5) is 4.36. The van der Waals surface area contributed by atoms with Crippen LogP contribution in [-0.2, 0) is 14.2 Å². The summed E-state index contributed by atoms with van der Waals surface area (Å²) in [6.45, 7) is 2.37. The van der Waals surface area contributed by atoms with Gasteiger partial charge in [0.1, 0.15) is 18.5 Å². The summed E-state index contributed by atoms with van der Waals surface area (Å²) in [6.07, 6.45) is 3.86. The third-order valence-corrected chi connectivity index (χ3v) is 4.71. The van der Waals surface area contributed by atoms with Gasteiger partial charge in [0, 0.05) is 12.8 Å². The summed E-state index contributed by atoms with van der Waals surface area (Å²) in [5.41, 5.74) is 2.36. The van der Waals surface area contributed by atoms with E-state index in [2.05, 4.69) is 29.3 Å². The number of ether oxygens (including phenoxy) is 4. The Balaban J connectivity index is 1.18. The van der Waals surface area contributed by atoms with E-state index in [-0.39, 0.29) is 18.4 Å². The minimum Gasteiger partial charge on any atom is -0.489 e. The maximum absolute atomic E-state index is 5.83. The second-order valence-corrected chi connectivity index (χ2v) is 6.80. The van der Waals surface area contributed by atoms with E-state index >= 15 is 0 Å². The fourth-order valence-corrected chi connectivity index (χ4v) is 3.26. The van der Waals surface area contributed by atoms with E-state index in [4.69, 9.17) is 18.9 Å². The summed E-state index contributed by atoms with van der Waals surface area (Å²) < 4.78 is 22.9. The minimum absolute atomic E-state index is 0.111. The Kier molecular flexibility index (Phi) is 6.14. The molecule has 0 aliphatic carbocycles. The number of aliphatic imine (C=N–C) groups is 1. The lowest BCUT2D eigenvalue weighted by molar-refractivity contribution is -0.0413. The molecule has 2 heterocycles. The van der Waals surface area contributed by atoms with Crippen molar-refractivity contribution in [1.82, 2.24) is 0 Å². The van der Waals surface area contributed by atoms with Gasteiger partial charge >= 0.3 is 0 Å². The number of hydrogen-bond donors (Lipinski definition) is 0. The van der Waals surface area contributed by atoms with Gasteiger partial charge in [0.2, 0.25) is 0 Å². The zero-order chi connectivity index (χ0) is 18.3. The second kappa shape index (κ2) is 9.13. The van der Waals surface area contributed by atoms with Crippen molar-refractivity contribution in [2.24, 2.45) is 4.99 Å². The molecule has 2 aromatic carbocycles. The number of hydrogen-bond acceptors (Lipinski definition) is 5. The first kappa shape index (κ1) is 18.2. The fourth-order valence-electron chi connectivity index (χ4n) is 3.26. The van der Waals surface area contributed by atoms with E-state index in [0.29, 0.717) is 19.8 Å². The average molecular weight is 367 g/mol. The number of benzene rings is 2. The standard InChI is InChI=1S/C22H25NO4/c1-2-5-17(6-3-1)18-8-10-19(11-9-18)26-16-22-23-13-21(27-22)15-24-14-20-7-4-12-25-20/h1-3,5-6,8-11,13,20-22H,4,7,12,14-16H2/t20?,21?,22-/m0/s1. The first-order valence-corrected chi connectivity index (χ1v) is 9.53. The molecular formula is C22H25NO4. The van der Waals surface area contributed by atoms with E-state index in [9.17, 15) is 0 Å². The zero-order valence-corrected chi connectivity index (χ0v) is 15.3. The highest BCUT2D eigenvalue weighted by atomic mass is 16.6. The van der Waals surface area contributed by atoms with Gasteiger partial charge in [-0.2, -0.15) is 0 Å². The Morgan fingerprint density at radius 1 is 0.926 bits per heavy atom. The van der Waals surface area contributed by atoms with Gasteiger partial charge in [-0.05, 0) is 36.1 Å². The van der Waals surface area contributed by atoms with Crippen LogP contribution in [0.5, 0.6) is 5.75 Å². The van der Waals surface area contributed by atoms with Crippen LogP contribution in [-0.4, -0.2) is 51.1 Å². The Labute approximate surface area is 159 Å². The molecular weight excluding hydrogens is 342 g/mol. The van der Waals surface area contributed by atoms with E-state index in [0.717, 1.165) is 25.2 Å². The summed E-state index contributed by atoms with van der Waals surface area (Å²) in [6, 6.07) is 18.4. The van der Waals surface area contributed by atoms with Crippen molar-refractivity contribution in [2.75, 3.05) is 26.4 Å². The molecule has 1 fully saturated rings. The highest BCUT2D eigenvalue weighted by Crippen LogP contribution is 2.22. The van der Waals surface area contributed by atoms with Crippen LogP contribution in [0.1, 0.15) is 12.8 Å². The molecule has 2 aromatic rings. The van der Waals surface area contributed by atoms with Crippen molar-refractivity contribution >= 4 is 6.21 Å². The van der Waals surface area contributed by atoms with E-state index in [1.165, 1.54) is 11.1 Å². The molecule has 0 spiro atoms. The Morgan fingerprint density at radius 2 is 1.74 bits per heavy atom. The molecule has 0 amide bonds. The van der Waals surface area contributed by atoms with Gasteiger partial charge < -0.3 is 18.9 Å². The molecule has 142 valence electrons. The molecule has 0 saturated carbocycles. The van der Waals surface area contributed by atoms with Gasteiger partial charge in [-0.25, -0.2) is 0 Å². The third-order valence-electron chi connectivity index (χ3n) is 4.71. The second-order valence-electron chi connectivity index (χ2n) is 6.80. The highest BCUT2D eigenvalue weighted by Gasteiger charge is 2.22. The first-order chi connectivity index (χ1) is 13.4. The lowest BCUT2D eigenvalue weighted by atomic mass is 10.1. The molecule has 4 rings (SSSR count). The molecule has 3 atom stereocenters. The topological polar surface area (TPSA) is 49.3 Å². The molecule has 0 radical (unpaired) electrons. The molecule has 5 nitrogen and oxygen atoms in total. The third kappa shape index (κ3) is 5.16. The van der Waals surface area contributed by atoms with Crippen molar-refractivity contribution in [3.05, 3.63) is 54.6 Å². The van der Waals surface area contributed by atoms with Crippen LogP contribution in [0.3, 0.4) is 0 Å². The van der Waals surface area contributed by atoms with Crippen LogP contribution < -0.4 is 4.74 Å². The largest absolute Gasteiger partial charge is 0.489 e. The molecule has 5 heteroatoms. The fraction of sp³-hybridized carbons (Fsp3) is 0.409. The van der Waals surface area contributed by atoms with Gasteiger partial charge in [0.05, 0.1) is 19.3 Å². The molecule has 1 saturated heterocycles. The first-order valence-electron chi connectivity index (χ1n) is 9.53. The van der Waals surface area contributed by atoms with Crippen molar-refractivity contribution in [2.45, 2.75) is 31.3 Å². The van der Waals surface area contributed by atoms with Crippen LogP contribution >= 0.6 is 0 Å². The maximum Gasteiger partial charge on any atom is 0.182 e. The normalized spacial score (nSPS) is 24.4. The predicted molar refractivity (Wildman–Crippen MR) is 104 cm³/mol. The van der Waals surface area contributed by atoms with Gasteiger partial charge in [-0.3, -0.25) is 4.99 Å². The van der Waals surface area contributed by atoms with E-state index in [1.54, 1.807) is 0 Å². The molecule has 0 aromatic heterocycles. The molecule has 2 aliphatic rings. The van der Waals surface area contributed by atoms with Crippen molar-refractivity contribution in [3.8, 4) is 16.9 Å².